The van der Waals surface area contributed by atoms with Crippen LogP contribution in [0.3, 0.4) is 0 Å². The van der Waals surface area contributed by atoms with Gasteiger partial charge in [0.2, 0.25) is 0 Å². The van der Waals surface area contributed by atoms with Crippen molar-refractivity contribution in [1.82, 2.24) is 5.32 Å². The highest BCUT2D eigenvalue weighted by atomic mass is 19.2. The Morgan fingerprint density at radius 1 is 1.39 bits per heavy atom. The number of nitrogens with two attached hydrogens (primary N) is 1. The van der Waals surface area contributed by atoms with E-state index >= 15 is 0 Å². The number of hydrogen-bond donors (Lipinski definition) is 2. The molecule has 3 N–H and O–H groups in total. The summed E-state index contributed by atoms with van der Waals surface area (Å²) < 4.78 is 32.7. The minimum Gasteiger partial charge on any atom is -0.444 e. The fourth-order valence-electron chi connectivity index (χ4n) is 2.65. The molecule has 1 aromatic carbocycles. The van der Waals surface area contributed by atoms with E-state index in [1.807, 2.05) is 0 Å². The average molecular weight is 327 g/mol. The van der Waals surface area contributed by atoms with Gasteiger partial charge in [0.1, 0.15) is 5.60 Å². The van der Waals surface area contributed by atoms with Crippen molar-refractivity contribution in [1.29, 1.82) is 0 Å². The van der Waals surface area contributed by atoms with Crippen LogP contribution in [0.15, 0.2) is 12.1 Å². The lowest BCUT2D eigenvalue weighted by molar-refractivity contribution is 0.0500. The molecule has 2 rings (SSSR count). The quantitative estimate of drug-likeness (QED) is 0.819. The zero-order valence-corrected chi connectivity index (χ0v) is 13.7. The normalized spacial score (nSPS) is 18.7. The van der Waals surface area contributed by atoms with E-state index in [2.05, 4.69) is 5.32 Å². The van der Waals surface area contributed by atoms with Gasteiger partial charge in [0, 0.05) is 19.1 Å². The number of ether oxygens (including phenoxy) is 1. The molecule has 0 spiro atoms. The van der Waals surface area contributed by atoms with Gasteiger partial charge >= 0.3 is 6.09 Å². The monoisotopic (exact) mass is 327 g/mol. The molecule has 1 aliphatic rings. The third-order valence-electron chi connectivity index (χ3n) is 3.56. The van der Waals surface area contributed by atoms with Crippen molar-refractivity contribution >= 4 is 17.5 Å². The number of halogens is 2. The SMILES string of the molecule is CC(C)(C)OC(=O)NC1CCCN(c2c(N)ccc(F)c2F)C1. The first-order chi connectivity index (χ1) is 10.7. The maximum Gasteiger partial charge on any atom is 0.407 e. The van der Waals surface area contributed by atoms with E-state index in [9.17, 15) is 13.6 Å². The molecule has 0 saturated carbocycles. The van der Waals surface area contributed by atoms with Gasteiger partial charge in [-0.1, -0.05) is 0 Å². The number of nitrogens with zero attached hydrogens (tertiary/aromatic N) is 1. The molecule has 1 fully saturated rings. The number of hydrogen-bond acceptors (Lipinski definition) is 4. The van der Waals surface area contributed by atoms with Crippen LogP contribution in [0.5, 0.6) is 0 Å². The van der Waals surface area contributed by atoms with Crippen molar-refractivity contribution < 1.29 is 18.3 Å². The fraction of sp³-hybridized carbons (Fsp3) is 0.562. The number of alkyl carbamates (subject to hydrolysis) is 1. The molecule has 0 radical (unpaired) electrons. The van der Waals surface area contributed by atoms with Gasteiger partial charge in [-0.15, -0.1) is 0 Å². The summed E-state index contributed by atoms with van der Waals surface area (Å²) in [5.41, 5.74) is 5.44. The lowest BCUT2D eigenvalue weighted by atomic mass is 10.0. The molecule has 1 saturated heterocycles. The topological polar surface area (TPSA) is 67.6 Å². The Balaban J connectivity index is 2.07. The molecule has 0 aromatic heterocycles. The largest absolute Gasteiger partial charge is 0.444 e. The van der Waals surface area contributed by atoms with Gasteiger partial charge in [-0.25, -0.2) is 13.6 Å². The average Bonchev–Trinajstić information content (AvgIpc) is 2.42. The highest BCUT2D eigenvalue weighted by Gasteiger charge is 2.27. The van der Waals surface area contributed by atoms with Crippen LogP contribution in [0.1, 0.15) is 33.6 Å². The first kappa shape index (κ1) is 17.3. The fourth-order valence-corrected chi connectivity index (χ4v) is 2.65. The Morgan fingerprint density at radius 3 is 2.74 bits per heavy atom. The van der Waals surface area contributed by atoms with Crippen LogP contribution in [-0.4, -0.2) is 30.8 Å². The molecule has 1 amide bonds. The number of piperidine rings is 1. The first-order valence-electron chi connectivity index (χ1n) is 7.65. The second kappa shape index (κ2) is 6.60. The highest BCUT2D eigenvalue weighted by molar-refractivity contribution is 5.70. The van der Waals surface area contributed by atoms with Crippen molar-refractivity contribution in [3.8, 4) is 0 Å². The van der Waals surface area contributed by atoms with E-state index in [1.54, 1.807) is 25.7 Å². The molecular weight excluding hydrogens is 304 g/mol. The van der Waals surface area contributed by atoms with Gasteiger partial charge in [-0.3, -0.25) is 0 Å². The third-order valence-corrected chi connectivity index (χ3v) is 3.56. The molecule has 5 nitrogen and oxygen atoms in total. The Bertz CT molecular complexity index is 587. The Labute approximate surface area is 134 Å². The van der Waals surface area contributed by atoms with Crippen LogP contribution in [0.25, 0.3) is 0 Å². The number of amides is 1. The van der Waals surface area contributed by atoms with Crippen LogP contribution < -0.4 is 16.0 Å². The first-order valence-corrected chi connectivity index (χ1v) is 7.65. The zero-order chi connectivity index (χ0) is 17.2. The molecule has 1 aromatic rings. The number of rotatable bonds is 2. The molecule has 23 heavy (non-hydrogen) atoms. The number of anilines is 2. The van der Waals surface area contributed by atoms with E-state index in [1.165, 1.54) is 6.07 Å². The van der Waals surface area contributed by atoms with Crippen molar-refractivity contribution in [3.05, 3.63) is 23.8 Å². The smallest absolute Gasteiger partial charge is 0.407 e. The lowest BCUT2D eigenvalue weighted by Crippen LogP contribution is -2.49. The van der Waals surface area contributed by atoms with Gasteiger partial charge < -0.3 is 20.7 Å². The predicted molar refractivity (Wildman–Crippen MR) is 85.4 cm³/mol. The Kier molecular flexibility index (Phi) is 4.97. The molecule has 1 unspecified atom stereocenters. The molecule has 7 heteroatoms. The summed E-state index contributed by atoms with van der Waals surface area (Å²) in [7, 11) is 0. The number of carbonyl (C=O) groups excluding carboxylic acids is 1. The molecule has 1 heterocycles. The van der Waals surface area contributed by atoms with Crippen LogP contribution in [0.4, 0.5) is 25.0 Å². The minimum absolute atomic E-state index is 0.0562. The van der Waals surface area contributed by atoms with Gasteiger partial charge in [0.25, 0.3) is 0 Å². The van der Waals surface area contributed by atoms with Gasteiger partial charge in [0.15, 0.2) is 11.6 Å². The van der Waals surface area contributed by atoms with Gasteiger partial charge in [-0.05, 0) is 45.7 Å². The van der Waals surface area contributed by atoms with E-state index in [4.69, 9.17) is 10.5 Å². The van der Waals surface area contributed by atoms with Crippen LogP contribution >= 0.6 is 0 Å². The lowest BCUT2D eigenvalue weighted by Gasteiger charge is -2.35. The van der Waals surface area contributed by atoms with E-state index < -0.39 is 23.3 Å². The molecule has 0 aliphatic carbocycles. The maximum absolute atomic E-state index is 14.1. The summed E-state index contributed by atoms with van der Waals surface area (Å²) in [6.07, 6.45) is 0.958. The second-order valence-corrected chi connectivity index (χ2v) is 6.73. The van der Waals surface area contributed by atoms with Gasteiger partial charge in [-0.2, -0.15) is 0 Å². The molecule has 0 bridgehead atoms. The van der Waals surface area contributed by atoms with Crippen molar-refractivity contribution in [3.63, 3.8) is 0 Å². The summed E-state index contributed by atoms with van der Waals surface area (Å²) in [4.78, 5) is 13.5. The van der Waals surface area contributed by atoms with Crippen LogP contribution in [-0.2, 0) is 4.74 Å². The van der Waals surface area contributed by atoms with E-state index in [0.717, 1.165) is 18.9 Å². The summed E-state index contributed by atoms with van der Waals surface area (Å²) >= 11 is 0. The van der Waals surface area contributed by atoms with Crippen molar-refractivity contribution in [2.24, 2.45) is 0 Å². The van der Waals surface area contributed by atoms with Gasteiger partial charge in [0.05, 0.1) is 11.4 Å². The van der Waals surface area contributed by atoms with E-state index in [-0.39, 0.29) is 17.4 Å². The molecule has 1 aliphatic heterocycles. The van der Waals surface area contributed by atoms with E-state index in [0.29, 0.717) is 13.1 Å². The second-order valence-electron chi connectivity index (χ2n) is 6.73. The number of benzene rings is 1. The minimum atomic E-state index is -0.956. The molecular formula is C16H23F2N3O2. The number of nitrogens with one attached hydrogen (secondary N) is 1. The van der Waals surface area contributed by atoms with Crippen LogP contribution in [0, 0.1) is 11.6 Å². The standard InChI is InChI=1S/C16H23F2N3O2/c1-16(2,3)23-15(22)20-10-5-4-8-21(9-10)14-12(19)7-6-11(17)13(14)18/h6-7,10H,4-5,8-9,19H2,1-3H3,(H,20,22). The summed E-state index contributed by atoms with van der Waals surface area (Å²) in [6, 6.07) is 2.15. The molecule has 128 valence electrons. The summed E-state index contributed by atoms with van der Waals surface area (Å²) in [6.45, 7) is 6.24. The van der Waals surface area contributed by atoms with Crippen molar-refractivity contribution in [2.75, 3.05) is 23.7 Å². The zero-order valence-electron chi connectivity index (χ0n) is 13.7. The Hall–Kier alpha value is -2.05. The Morgan fingerprint density at radius 2 is 2.09 bits per heavy atom. The molecule has 1 atom stereocenters. The predicted octanol–water partition coefficient (Wildman–Crippen LogP) is 3.04. The number of carbonyl (C=O) groups is 1. The number of nitrogen functional groups attached to an aromatic ring is 1. The maximum atomic E-state index is 14.1. The highest BCUT2D eigenvalue weighted by Crippen LogP contribution is 2.30. The van der Waals surface area contributed by atoms with Crippen LogP contribution in [0.2, 0.25) is 0 Å². The summed E-state index contributed by atoms with van der Waals surface area (Å²) in [5.74, 6) is -1.89. The third kappa shape index (κ3) is 4.46. The summed E-state index contributed by atoms with van der Waals surface area (Å²) in [5, 5.41) is 2.77. The van der Waals surface area contributed by atoms with Crippen molar-refractivity contribution in [2.45, 2.75) is 45.3 Å².